The monoisotopic (exact) mass is 347 g/mol. The number of aryl methyl sites for hydroxylation is 2. The molecule has 0 aromatic heterocycles. The Morgan fingerprint density at radius 3 is 2.28 bits per heavy atom. The van der Waals surface area contributed by atoms with Gasteiger partial charge in [0.15, 0.2) is 0 Å². The minimum Gasteiger partial charge on any atom is -0.497 e. The third kappa shape index (κ3) is 6.61. The van der Waals surface area contributed by atoms with Crippen LogP contribution in [-0.4, -0.2) is 43.6 Å². The molecule has 5 heteroatoms. The van der Waals surface area contributed by atoms with Crippen molar-refractivity contribution in [2.45, 2.75) is 40.5 Å². The fourth-order valence-corrected chi connectivity index (χ4v) is 2.64. The van der Waals surface area contributed by atoms with Gasteiger partial charge in [0.1, 0.15) is 5.75 Å². The van der Waals surface area contributed by atoms with Crippen molar-refractivity contribution in [3.8, 4) is 5.75 Å². The molecule has 0 saturated carbocycles. The van der Waals surface area contributed by atoms with Gasteiger partial charge in [-0.15, -0.1) is 0 Å². The molecule has 1 aromatic carbocycles. The van der Waals surface area contributed by atoms with Gasteiger partial charge < -0.3 is 14.4 Å². The van der Waals surface area contributed by atoms with E-state index in [1.54, 1.807) is 25.0 Å². The molecule has 0 atom stereocenters. The molecule has 0 spiro atoms. The average molecular weight is 347 g/mol. The highest BCUT2D eigenvalue weighted by Crippen LogP contribution is 2.22. The second kappa shape index (κ2) is 10.5. The number of amides is 1. The minimum absolute atomic E-state index is 0.0965. The number of carbonyl (C=O) groups is 2. The quantitative estimate of drug-likeness (QED) is 0.507. The summed E-state index contributed by atoms with van der Waals surface area (Å²) in [7, 11) is 1.64. The molecule has 0 aliphatic rings. The number of methoxy groups -OCH3 is 1. The molecule has 1 amide bonds. The summed E-state index contributed by atoms with van der Waals surface area (Å²) in [4.78, 5) is 25.7. The molecule has 1 aromatic rings. The Balaban J connectivity index is 2.82. The summed E-state index contributed by atoms with van der Waals surface area (Å²) in [6, 6.07) is 3.89. The van der Waals surface area contributed by atoms with Crippen molar-refractivity contribution in [3.63, 3.8) is 0 Å². The van der Waals surface area contributed by atoms with Gasteiger partial charge in [0.2, 0.25) is 5.91 Å². The largest absolute Gasteiger partial charge is 0.497 e. The Morgan fingerprint density at radius 1 is 1.12 bits per heavy atom. The first-order valence-corrected chi connectivity index (χ1v) is 8.70. The molecule has 0 aliphatic carbocycles. The third-order valence-electron chi connectivity index (χ3n) is 3.89. The van der Waals surface area contributed by atoms with Gasteiger partial charge in [-0.2, -0.15) is 0 Å². The number of rotatable bonds is 9. The maximum atomic E-state index is 12.5. The molecule has 0 bridgehead atoms. The Morgan fingerprint density at radius 2 is 1.76 bits per heavy atom. The summed E-state index contributed by atoms with van der Waals surface area (Å²) in [5.74, 6) is 0.434. The lowest BCUT2D eigenvalue weighted by molar-refractivity contribution is -0.143. The number of nitrogens with zero attached hydrogens (tertiary/aromatic N) is 1. The predicted molar refractivity (Wildman–Crippen MR) is 99.6 cm³/mol. The molecule has 1 rings (SSSR count). The zero-order valence-electron chi connectivity index (χ0n) is 15.9. The summed E-state index contributed by atoms with van der Waals surface area (Å²) < 4.78 is 10.2. The van der Waals surface area contributed by atoms with Crippen LogP contribution in [0.5, 0.6) is 5.75 Å². The van der Waals surface area contributed by atoms with Gasteiger partial charge in [0.05, 0.1) is 20.1 Å². The molecule has 0 unspecified atom stereocenters. The highest BCUT2D eigenvalue weighted by atomic mass is 16.5. The van der Waals surface area contributed by atoms with Crippen molar-refractivity contribution in [2.75, 3.05) is 26.8 Å². The summed E-state index contributed by atoms with van der Waals surface area (Å²) in [5, 5.41) is 0. The topological polar surface area (TPSA) is 55.8 Å². The van der Waals surface area contributed by atoms with E-state index < -0.39 is 0 Å². The van der Waals surface area contributed by atoms with Crippen LogP contribution in [0.2, 0.25) is 0 Å². The molecule has 5 nitrogen and oxygen atoms in total. The van der Waals surface area contributed by atoms with Crippen LogP contribution >= 0.6 is 0 Å². The molecule has 0 fully saturated rings. The van der Waals surface area contributed by atoms with E-state index >= 15 is 0 Å². The first-order valence-electron chi connectivity index (χ1n) is 8.70. The third-order valence-corrected chi connectivity index (χ3v) is 3.89. The molecule has 25 heavy (non-hydrogen) atoms. The molecule has 0 saturated heterocycles. The van der Waals surface area contributed by atoms with Gasteiger partial charge in [-0.25, -0.2) is 0 Å². The summed E-state index contributed by atoms with van der Waals surface area (Å²) in [6.07, 6.45) is 4.46. The van der Waals surface area contributed by atoms with Crippen molar-refractivity contribution in [1.82, 2.24) is 4.90 Å². The zero-order valence-corrected chi connectivity index (χ0v) is 15.9. The number of esters is 1. The first-order chi connectivity index (χ1) is 11.9. The van der Waals surface area contributed by atoms with Crippen LogP contribution in [0.3, 0.4) is 0 Å². The summed E-state index contributed by atoms with van der Waals surface area (Å²) in [6.45, 7) is 9.10. The van der Waals surface area contributed by atoms with E-state index in [-0.39, 0.29) is 18.3 Å². The second-order valence-electron chi connectivity index (χ2n) is 5.89. The van der Waals surface area contributed by atoms with E-state index in [1.807, 2.05) is 39.0 Å². The Hall–Kier alpha value is -2.30. The number of hydrogen-bond donors (Lipinski definition) is 0. The fourth-order valence-electron chi connectivity index (χ4n) is 2.64. The Kier molecular flexibility index (Phi) is 8.75. The lowest BCUT2D eigenvalue weighted by atomic mass is 10.0. The summed E-state index contributed by atoms with van der Waals surface area (Å²) >= 11 is 0. The van der Waals surface area contributed by atoms with E-state index in [9.17, 15) is 9.59 Å². The van der Waals surface area contributed by atoms with Crippen LogP contribution in [-0.2, 0) is 14.3 Å². The zero-order chi connectivity index (χ0) is 18.8. The molecule has 0 N–H and O–H groups in total. The van der Waals surface area contributed by atoms with E-state index in [0.29, 0.717) is 19.7 Å². The van der Waals surface area contributed by atoms with Gasteiger partial charge in [-0.1, -0.05) is 6.92 Å². The highest BCUT2D eigenvalue weighted by Gasteiger charge is 2.13. The molecule has 138 valence electrons. The van der Waals surface area contributed by atoms with Gasteiger partial charge in [0, 0.05) is 19.2 Å². The minimum atomic E-state index is -0.276. The van der Waals surface area contributed by atoms with E-state index in [4.69, 9.17) is 9.47 Å². The van der Waals surface area contributed by atoms with Crippen molar-refractivity contribution >= 4 is 18.0 Å². The maximum Gasteiger partial charge on any atom is 0.307 e. The first kappa shape index (κ1) is 20.7. The number of ether oxygens (including phenoxy) is 2. The van der Waals surface area contributed by atoms with Gasteiger partial charge in [-0.3, -0.25) is 9.59 Å². The molecule has 0 heterocycles. The molecule has 0 aliphatic heterocycles. The normalized spacial score (nSPS) is 10.8. The molecular formula is C20H29NO4. The fraction of sp³-hybridized carbons (Fsp3) is 0.500. The van der Waals surface area contributed by atoms with Crippen LogP contribution in [0.1, 0.15) is 43.4 Å². The Labute approximate surface area is 150 Å². The Bertz CT molecular complexity index is 599. The van der Waals surface area contributed by atoms with Crippen molar-refractivity contribution in [3.05, 3.63) is 34.9 Å². The number of hydrogen-bond acceptors (Lipinski definition) is 4. The predicted octanol–water partition coefficient (Wildman–Crippen LogP) is 3.52. The van der Waals surface area contributed by atoms with Crippen molar-refractivity contribution < 1.29 is 19.1 Å². The van der Waals surface area contributed by atoms with Crippen LogP contribution in [0.4, 0.5) is 0 Å². The highest BCUT2D eigenvalue weighted by molar-refractivity contribution is 5.92. The second-order valence-corrected chi connectivity index (χ2v) is 5.89. The van der Waals surface area contributed by atoms with Crippen molar-refractivity contribution in [1.29, 1.82) is 0 Å². The standard InChI is InChI=1S/C20H29NO4/c1-6-11-21(12-10-20(23)25-7-2)19(22)9-8-18-15(3)13-17(24-5)14-16(18)4/h8-9,13-14H,6-7,10-12H2,1-5H3/b9-8+. The smallest absolute Gasteiger partial charge is 0.307 e. The SMILES string of the molecule is CCCN(CCC(=O)OCC)C(=O)/C=C/c1c(C)cc(OC)cc1C. The van der Waals surface area contributed by atoms with E-state index in [2.05, 4.69) is 0 Å². The van der Waals surface area contributed by atoms with Crippen LogP contribution in [0, 0.1) is 13.8 Å². The summed E-state index contributed by atoms with van der Waals surface area (Å²) in [5.41, 5.74) is 3.11. The number of carbonyl (C=O) groups excluding carboxylic acids is 2. The van der Waals surface area contributed by atoms with E-state index in [0.717, 1.165) is 28.9 Å². The van der Waals surface area contributed by atoms with Crippen LogP contribution < -0.4 is 4.74 Å². The van der Waals surface area contributed by atoms with Crippen LogP contribution in [0.25, 0.3) is 6.08 Å². The van der Waals surface area contributed by atoms with Gasteiger partial charge >= 0.3 is 5.97 Å². The lowest BCUT2D eigenvalue weighted by Gasteiger charge is -2.20. The van der Waals surface area contributed by atoms with E-state index in [1.165, 1.54) is 0 Å². The molecular weight excluding hydrogens is 318 g/mol. The maximum absolute atomic E-state index is 12.5. The van der Waals surface area contributed by atoms with Crippen molar-refractivity contribution in [2.24, 2.45) is 0 Å². The van der Waals surface area contributed by atoms with Gasteiger partial charge in [0.25, 0.3) is 0 Å². The average Bonchev–Trinajstić information content (AvgIpc) is 2.57. The number of benzene rings is 1. The molecule has 0 radical (unpaired) electrons. The lowest BCUT2D eigenvalue weighted by Crippen LogP contribution is -2.32. The van der Waals surface area contributed by atoms with Gasteiger partial charge in [-0.05, 0) is 62.1 Å². The van der Waals surface area contributed by atoms with Crippen LogP contribution in [0.15, 0.2) is 18.2 Å².